The lowest BCUT2D eigenvalue weighted by atomic mass is 10.2. The summed E-state index contributed by atoms with van der Waals surface area (Å²) >= 11 is 3.16. The number of halogens is 1. The Morgan fingerprint density at radius 3 is 3.00 bits per heavy atom. The zero-order valence-corrected chi connectivity index (χ0v) is 12.3. The number of aliphatic hydroxyl groups is 1. The van der Waals surface area contributed by atoms with Crippen molar-refractivity contribution in [1.29, 1.82) is 0 Å². The van der Waals surface area contributed by atoms with Crippen LogP contribution in [-0.4, -0.2) is 40.2 Å². The summed E-state index contributed by atoms with van der Waals surface area (Å²) in [6.45, 7) is 1.99. The Bertz CT molecular complexity index is 497. The molecule has 8 nitrogen and oxygen atoms in total. The quantitative estimate of drug-likeness (QED) is 0.436. The predicted octanol–water partition coefficient (Wildman–Crippen LogP) is 1.48. The standard InChI is InChI=1S/C11H14BrN3O5/c1-2-20-11(17)9(16)3-4-13-8-5-7(12)6-14-10(8)15(18)19/h5-6,9,13,16H,2-4H2,1H3. The van der Waals surface area contributed by atoms with Crippen LogP contribution in [0.3, 0.4) is 0 Å². The summed E-state index contributed by atoms with van der Waals surface area (Å²) < 4.78 is 5.22. The number of pyridine rings is 1. The van der Waals surface area contributed by atoms with Crippen molar-refractivity contribution >= 4 is 33.4 Å². The van der Waals surface area contributed by atoms with Gasteiger partial charge in [-0.2, -0.15) is 0 Å². The van der Waals surface area contributed by atoms with Crippen LogP contribution in [0.15, 0.2) is 16.7 Å². The van der Waals surface area contributed by atoms with Gasteiger partial charge in [-0.05, 0) is 38.8 Å². The van der Waals surface area contributed by atoms with Gasteiger partial charge < -0.3 is 25.3 Å². The molecule has 0 amide bonds. The molecule has 0 saturated carbocycles. The maximum Gasteiger partial charge on any atom is 0.386 e. The number of ether oxygens (including phenoxy) is 1. The Morgan fingerprint density at radius 2 is 2.40 bits per heavy atom. The maximum absolute atomic E-state index is 11.2. The van der Waals surface area contributed by atoms with Gasteiger partial charge in [0.05, 0.1) is 11.1 Å². The van der Waals surface area contributed by atoms with Gasteiger partial charge in [-0.1, -0.05) is 0 Å². The number of anilines is 1. The molecule has 0 spiro atoms. The minimum absolute atomic E-state index is 0.0719. The highest BCUT2D eigenvalue weighted by Crippen LogP contribution is 2.24. The largest absolute Gasteiger partial charge is 0.464 e. The smallest absolute Gasteiger partial charge is 0.386 e. The molecule has 20 heavy (non-hydrogen) atoms. The molecule has 1 heterocycles. The van der Waals surface area contributed by atoms with Crippen LogP contribution in [0.4, 0.5) is 11.5 Å². The van der Waals surface area contributed by atoms with E-state index in [0.29, 0.717) is 4.47 Å². The van der Waals surface area contributed by atoms with Crippen molar-refractivity contribution < 1.29 is 19.6 Å². The summed E-state index contributed by atoms with van der Waals surface area (Å²) in [5.41, 5.74) is 0.209. The molecular formula is C11H14BrN3O5. The average molecular weight is 348 g/mol. The van der Waals surface area contributed by atoms with Crippen molar-refractivity contribution in [2.24, 2.45) is 0 Å². The van der Waals surface area contributed by atoms with E-state index < -0.39 is 17.0 Å². The Hall–Kier alpha value is -1.74. The second kappa shape index (κ2) is 7.75. The lowest BCUT2D eigenvalue weighted by Crippen LogP contribution is -2.25. The van der Waals surface area contributed by atoms with Crippen LogP contribution >= 0.6 is 15.9 Å². The molecule has 1 aromatic heterocycles. The minimum Gasteiger partial charge on any atom is -0.464 e. The van der Waals surface area contributed by atoms with Crippen molar-refractivity contribution in [3.63, 3.8) is 0 Å². The summed E-state index contributed by atoms with van der Waals surface area (Å²) in [4.78, 5) is 25.0. The Kier molecular flexibility index (Phi) is 6.32. The van der Waals surface area contributed by atoms with Gasteiger partial charge in [-0.15, -0.1) is 0 Å². The first-order chi connectivity index (χ1) is 9.45. The molecule has 0 fully saturated rings. The van der Waals surface area contributed by atoms with Crippen LogP contribution in [0, 0.1) is 10.1 Å². The molecule has 0 aromatic carbocycles. The molecule has 0 bridgehead atoms. The molecule has 1 atom stereocenters. The van der Waals surface area contributed by atoms with E-state index in [2.05, 4.69) is 31.0 Å². The van der Waals surface area contributed by atoms with Crippen LogP contribution in [0.1, 0.15) is 13.3 Å². The topological polar surface area (TPSA) is 115 Å². The number of nitrogens with zero attached hydrogens (tertiary/aromatic N) is 2. The van der Waals surface area contributed by atoms with Crippen molar-refractivity contribution in [2.45, 2.75) is 19.4 Å². The first-order valence-corrected chi connectivity index (χ1v) is 6.63. The fourth-order valence-corrected chi connectivity index (χ4v) is 1.74. The first kappa shape index (κ1) is 16.3. The number of hydrogen-bond donors (Lipinski definition) is 2. The molecular weight excluding hydrogens is 334 g/mol. The number of rotatable bonds is 7. The van der Waals surface area contributed by atoms with Gasteiger partial charge in [-0.3, -0.25) is 0 Å². The summed E-state index contributed by atoms with van der Waals surface area (Å²) in [5.74, 6) is -1.03. The van der Waals surface area contributed by atoms with E-state index in [4.69, 9.17) is 0 Å². The lowest BCUT2D eigenvalue weighted by molar-refractivity contribution is -0.388. The van der Waals surface area contributed by atoms with Crippen LogP contribution < -0.4 is 5.32 Å². The first-order valence-electron chi connectivity index (χ1n) is 5.84. The maximum atomic E-state index is 11.2. The van der Waals surface area contributed by atoms with Gasteiger partial charge in [-0.25, -0.2) is 4.79 Å². The SMILES string of the molecule is CCOC(=O)C(O)CCNc1cc(Br)cnc1[N+](=O)[O-]. The predicted molar refractivity (Wildman–Crippen MR) is 74.3 cm³/mol. The number of nitrogens with one attached hydrogen (secondary N) is 1. The third-order valence-corrected chi connectivity index (χ3v) is 2.73. The van der Waals surface area contributed by atoms with Crippen LogP contribution in [0.2, 0.25) is 0 Å². The van der Waals surface area contributed by atoms with Gasteiger partial charge >= 0.3 is 11.8 Å². The van der Waals surface area contributed by atoms with Gasteiger partial charge in [0.25, 0.3) is 0 Å². The number of aliphatic hydroxyl groups excluding tert-OH is 1. The molecule has 1 rings (SSSR count). The number of carbonyl (C=O) groups excluding carboxylic acids is 1. The number of nitro groups is 1. The summed E-state index contributed by atoms with van der Waals surface area (Å²) in [7, 11) is 0. The summed E-state index contributed by atoms with van der Waals surface area (Å²) in [5, 5.41) is 23.0. The van der Waals surface area contributed by atoms with E-state index in [1.807, 2.05) is 0 Å². The normalized spacial score (nSPS) is 11.8. The van der Waals surface area contributed by atoms with E-state index in [0.717, 1.165) is 0 Å². The monoisotopic (exact) mass is 347 g/mol. The Labute approximate surface area is 123 Å². The molecule has 9 heteroatoms. The van der Waals surface area contributed by atoms with Crippen LogP contribution in [-0.2, 0) is 9.53 Å². The third-order valence-electron chi connectivity index (χ3n) is 2.30. The van der Waals surface area contributed by atoms with Gasteiger partial charge in [0.15, 0.2) is 12.3 Å². The second-order valence-corrected chi connectivity index (χ2v) is 4.68. The van der Waals surface area contributed by atoms with Gasteiger partial charge in [0, 0.05) is 13.0 Å². The summed E-state index contributed by atoms with van der Waals surface area (Å²) in [6.07, 6.45) is 0.126. The Morgan fingerprint density at radius 1 is 1.70 bits per heavy atom. The molecule has 0 aliphatic heterocycles. The molecule has 0 saturated heterocycles. The third kappa shape index (κ3) is 4.74. The van der Waals surface area contributed by atoms with E-state index in [1.54, 1.807) is 6.92 Å². The minimum atomic E-state index is -1.26. The molecule has 0 aliphatic carbocycles. The van der Waals surface area contributed by atoms with E-state index in [-0.39, 0.29) is 31.1 Å². The molecule has 1 unspecified atom stereocenters. The summed E-state index contributed by atoms with van der Waals surface area (Å²) in [6, 6.07) is 1.50. The molecule has 0 aliphatic rings. The molecule has 1 aromatic rings. The van der Waals surface area contributed by atoms with Gasteiger partial charge in [0.2, 0.25) is 0 Å². The van der Waals surface area contributed by atoms with Crippen molar-refractivity contribution in [3.8, 4) is 0 Å². The van der Waals surface area contributed by atoms with Gasteiger partial charge in [0.1, 0.15) is 5.69 Å². The van der Waals surface area contributed by atoms with Crippen molar-refractivity contribution in [2.75, 3.05) is 18.5 Å². The molecule has 2 N–H and O–H groups in total. The zero-order chi connectivity index (χ0) is 15.1. The number of hydrogen-bond acceptors (Lipinski definition) is 7. The fraction of sp³-hybridized carbons (Fsp3) is 0.455. The highest BCUT2D eigenvalue weighted by Gasteiger charge is 2.18. The van der Waals surface area contributed by atoms with Crippen LogP contribution in [0.5, 0.6) is 0 Å². The number of esters is 1. The molecule has 110 valence electrons. The number of aromatic nitrogens is 1. The average Bonchev–Trinajstić information content (AvgIpc) is 2.38. The lowest BCUT2D eigenvalue weighted by Gasteiger charge is -2.11. The zero-order valence-electron chi connectivity index (χ0n) is 10.7. The van der Waals surface area contributed by atoms with Crippen LogP contribution in [0.25, 0.3) is 0 Å². The Balaban J connectivity index is 2.59. The van der Waals surface area contributed by atoms with E-state index in [9.17, 15) is 20.0 Å². The second-order valence-electron chi connectivity index (χ2n) is 3.77. The fourth-order valence-electron chi connectivity index (χ4n) is 1.41. The van der Waals surface area contributed by atoms with E-state index >= 15 is 0 Å². The van der Waals surface area contributed by atoms with E-state index in [1.165, 1.54) is 12.3 Å². The highest BCUT2D eigenvalue weighted by atomic mass is 79.9. The molecule has 0 radical (unpaired) electrons. The highest BCUT2D eigenvalue weighted by molar-refractivity contribution is 9.10. The number of carbonyl (C=O) groups is 1. The van der Waals surface area contributed by atoms with Crippen molar-refractivity contribution in [3.05, 3.63) is 26.9 Å². The van der Waals surface area contributed by atoms with Crippen molar-refractivity contribution in [1.82, 2.24) is 4.98 Å².